The molecule has 0 amide bonds. The number of fused-ring (bicyclic) bond motifs is 7. The number of aliphatic hydroxyl groups excluding tert-OH is 10. The van der Waals surface area contributed by atoms with Gasteiger partial charge in [0.15, 0.2) is 24.7 Å². The Bertz CT molecular complexity index is 1640. The fourth-order valence-electron chi connectivity index (χ4n) is 14.1. The van der Waals surface area contributed by atoms with Crippen LogP contribution in [-0.2, 0) is 37.9 Å². The maximum atomic E-state index is 11.6. The molecule has 5 heterocycles. The first kappa shape index (κ1) is 47.1. The fourth-order valence-corrected chi connectivity index (χ4v) is 14.1. The van der Waals surface area contributed by atoms with Crippen molar-refractivity contribution in [2.45, 2.75) is 202 Å². The molecule has 3 saturated carbocycles. The van der Waals surface area contributed by atoms with Gasteiger partial charge in [0, 0.05) is 24.2 Å². The number of ether oxygens (including phenoxy) is 8. The van der Waals surface area contributed by atoms with Gasteiger partial charge in [0.1, 0.15) is 67.1 Å². The average molecular weight is 901 g/mol. The van der Waals surface area contributed by atoms with Crippen LogP contribution >= 0.6 is 0 Å². The van der Waals surface area contributed by atoms with E-state index in [2.05, 4.69) is 33.8 Å². The quantitative estimate of drug-likeness (QED) is 0.133. The topological polar surface area (TPSA) is 276 Å². The third kappa shape index (κ3) is 7.62. The molecule has 0 radical (unpaired) electrons. The van der Waals surface area contributed by atoms with Crippen molar-refractivity contribution in [3.05, 3.63) is 11.6 Å². The van der Waals surface area contributed by atoms with Crippen molar-refractivity contribution in [3.63, 3.8) is 0 Å². The molecular formula is C45H72O18. The van der Waals surface area contributed by atoms with Crippen molar-refractivity contribution in [1.82, 2.24) is 0 Å². The summed E-state index contributed by atoms with van der Waals surface area (Å²) in [6.45, 7) is 10.0. The predicted octanol–water partition coefficient (Wildman–Crippen LogP) is -0.815. The van der Waals surface area contributed by atoms with E-state index in [-0.39, 0.29) is 29.8 Å². The molecule has 0 aromatic rings. The standard InChI is InChI=1S/C45H72O18/c1-18-8-11-45(56-17-18)19(2)30-26(63-45)14-25-23-7-6-21-12-22(48)13-29(44(21,5)24(23)9-10-43(25,30)4)60-42-39(35(53)33(51)28(16-47)59-42)62-41-37(55)38(31(49)20(3)57-41)61-40-36(54)34(52)32(50)27(15-46)58-40/h6,18-20,22-42,46-55H,7-17H2,1-5H3/t18-,19-,20-,22+,23+,24-,25-,26-,27+,28+,29+,30-,31-,32+,33+,34-,35-,36+,37+,38+,39+,40-,41-,42-,43-,44-,45+/m0/s1. The van der Waals surface area contributed by atoms with E-state index in [4.69, 9.17) is 37.9 Å². The number of aliphatic hydroxyl groups is 10. The summed E-state index contributed by atoms with van der Waals surface area (Å²) in [5.41, 5.74) is 0.561. The van der Waals surface area contributed by atoms with Crippen LogP contribution in [0.25, 0.3) is 0 Å². The lowest BCUT2D eigenvalue weighted by Gasteiger charge is -2.60. The van der Waals surface area contributed by atoms with Gasteiger partial charge in [-0.15, -0.1) is 0 Å². The summed E-state index contributed by atoms with van der Waals surface area (Å²) in [6.07, 6.45) is -16.3. The Morgan fingerprint density at radius 3 is 2.03 bits per heavy atom. The van der Waals surface area contributed by atoms with Crippen molar-refractivity contribution in [1.29, 1.82) is 0 Å². The SMILES string of the molecule is C[C@H]1CC[C@@]2(OC1)O[C@H]1C[C@H]3[C@@H]4CC=C5C[C@@H](O)C[C@@H](O[C@@H]6O[C@H](CO)[C@@H](O)[C@H](O)[C@H]6O[C@@H]6O[C@@H](C)[C@H](O)[C@@H](O[C@@H]7O[C@H](CO)[C@@H](O)[C@H](O)[C@H]7O)[C@H]6O)[C@]5(C)[C@H]4CC[C@]3(C)[C@H]1[C@@H]2C. The van der Waals surface area contributed by atoms with Crippen molar-refractivity contribution in [2.75, 3.05) is 19.8 Å². The maximum absolute atomic E-state index is 11.6. The summed E-state index contributed by atoms with van der Waals surface area (Å²) < 4.78 is 50.1. The van der Waals surface area contributed by atoms with Crippen LogP contribution in [0.1, 0.15) is 86.0 Å². The molecule has 360 valence electrons. The molecule has 5 saturated heterocycles. The van der Waals surface area contributed by atoms with E-state index in [9.17, 15) is 51.1 Å². The lowest BCUT2D eigenvalue weighted by atomic mass is 9.46. The highest BCUT2D eigenvalue weighted by Gasteiger charge is 2.70. The number of hydrogen-bond acceptors (Lipinski definition) is 18. The third-order valence-electron chi connectivity index (χ3n) is 17.7. The molecule has 8 fully saturated rings. The molecular weight excluding hydrogens is 828 g/mol. The zero-order chi connectivity index (χ0) is 45.1. The molecule has 4 aliphatic carbocycles. The van der Waals surface area contributed by atoms with Gasteiger partial charge in [-0.2, -0.15) is 0 Å². The Labute approximate surface area is 368 Å². The molecule has 9 aliphatic rings. The highest BCUT2D eigenvalue weighted by molar-refractivity contribution is 5.29. The molecule has 0 aromatic heterocycles. The molecule has 63 heavy (non-hydrogen) atoms. The summed E-state index contributed by atoms with van der Waals surface area (Å²) in [5, 5.41) is 108. The molecule has 27 atom stereocenters. The molecule has 18 nitrogen and oxygen atoms in total. The third-order valence-corrected chi connectivity index (χ3v) is 17.7. The van der Waals surface area contributed by atoms with Crippen LogP contribution in [0.15, 0.2) is 11.6 Å². The first-order valence-corrected chi connectivity index (χ1v) is 23.5. The van der Waals surface area contributed by atoms with Crippen LogP contribution in [0.3, 0.4) is 0 Å². The minimum Gasteiger partial charge on any atom is -0.394 e. The van der Waals surface area contributed by atoms with E-state index >= 15 is 0 Å². The van der Waals surface area contributed by atoms with Gasteiger partial charge in [-0.25, -0.2) is 0 Å². The number of allylic oxidation sites excluding steroid dienone is 1. The molecule has 0 bridgehead atoms. The van der Waals surface area contributed by atoms with Crippen LogP contribution in [-0.4, -0.2) is 187 Å². The van der Waals surface area contributed by atoms with Crippen LogP contribution < -0.4 is 0 Å². The predicted molar refractivity (Wildman–Crippen MR) is 216 cm³/mol. The van der Waals surface area contributed by atoms with Gasteiger partial charge in [-0.3, -0.25) is 0 Å². The molecule has 1 spiro atoms. The van der Waals surface area contributed by atoms with Gasteiger partial charge in [-0.05, 0) is 80.5 Å². The fraction of sp³-hybridized carbons (Fsp3) is 0.956. The van der Waals surface area contributed by atoms with E-state index in [1.807, 2.05) is 0 Å². The van der Waals surface area contributed by atoms with Gasteiger partial charge < -0.3 is 89.0 Å². The Kier molecular flexibility index (Phi) is 13.1. The first-order chi connectivity index (χ1) is 29.9. The van der Waals surface area contributed by atoms with E-state index in [1.165, 1.54) is 6.92 Å². The lowest BCUT2D eigenvalue weighted by molar-refractivity contribution is -0.388. The van der Waals surface area contributed by atoms with Crippen LogP contribution in [0.4, 0.5) is 0 Å². The van der Waals surface area contributed by atoms with E-state index in [1.54, 1.807) is 0 Å². The Morgan fingerprint density at radius 1 is 0.683 bits per heavy atom. The lowest BCUT2D eigenvalue weighted by Crippen LogP contribution is -2.66. The summed E-state index contributed by atoms with van der Waals surface area (Å²) >= 11 is 0. The van der Waals surface area contributed by atoms with Crippen LogP contribution in [0.2, 0.25) is 0 Å². The zero-order valence-electron chi connectivity index (χ0n) is 37.0. The smallest absolute Gasteiger partial charge is 0.187 e. The normalized spacial score (nSPS) is 58.1. The van der Waals surface area contributed by atoms with E-state index < -0.39 is 129 Å². The largest absolute Gasteiger partial charge is 0.394 e. The molecule has 0 unspecified atom stereocenters. The molecule has 9 rings (SSSR count). The average Bonchev–Trinajstić information content (AvgIpc) is 3.70. The highest BCUT2D eigenvalue weighted by atomic mass is 16.8. The second kappa shape index (κ2) is 17.5. The minimum absolute atomic E-state index is 0.0450. The van der Waals surface area contributed by atoms with Gasteiger partial charge >= 0.3 is 0 Å². The van der Waals surface area contributed by atoms with Crippen molar-refractivity contribution >= 4 is 0 Å². The monoisotopic (exact) mass is 900 g/mol. The van der Waals surface area contributed by atoms with Crippen molar-refractivity contribution < 1.29 is 89.0 Å². The Hall–Kier alpha value is -0.980. The summed E-state index contributed by atoms with van der Waals surface area (Å²) in [5.74, 6) is 1.49. The molecule has 5 aliphatic heterocycles. The van der Waals surface area contributed by atoms with Gasteiger partial charge in [0.2, 0.25) is 0 Å². The van der Waals surface area contributed by atoms with E-state index in [0.29, 0.717) is 30.1 Å². The summed E-state index contributed by atoms with van der Waals surface area (Å²) in [6, 6.07) is 0. The maximum Gasteiger partial charge on any atom is 0.187 e. The molecule has 18 heteroatoms. The number of rotatable bonds is 8. The van der Waals surface area contributed by atoms with Crippen LogP contribution in [0.5, 0.6) is 0 Å². The number of hydrogen-bond donors (Lipinski definition) is 10. The Morgan fingerprint density at radius 2 is 1.35 bits per heavy atom. The van der Waals surface area contributed by atoms with Crippen molar-refractivity contribution in [3.8, 4) is 0 Å². The highest BCUT2D eigenvalue weighted by Crippen LogP contribution is 2.71. The Balaban J connectivity index is 0.955. The van der Waals surface area contributed by atoms with Crippen molar-refractivity contribution in [2.24, 2.45) is 46.3 Å². The first-order valence-electron chi connectivity index (χ1n) is 23.5. The zero-order valence-corrected chi connectivity index (χ0v) is 37.0. The van der Waals surface area contributed by atoms with Gasteiger partial charge in [0.25, 0.3) is 0 Å². The minimum atomic E-state index is -1.84. The van der Waals surface area contributed by atoms with Gasteiger partial charge in [-0.1, -0.05) is 39.3 Å². The summed E-state index contributed by atoms with van der Waals surface area (Å²) in [7, 11) is 0. The van der Waals surface area contributed by atoms with E-state index in [0.717, 1.165) is 50.7 Å². The second-order valence-corrected chi connectivity index (χ2v) is 21.2. The second-order valence-electron chi connectivity index (χ2n) is 21.2. The van der Waals surface area contributed by atoms with Gasteiger partial charge in [0.05, 0.1) is 44.2 Å². The molecule has 10 N–H and O–H groups in total. The summed E-state index contributed by atoms with van der Waals surface area (Å²) in [4.78, 5) is 0. The van der Waals surface area contributed by atoms with Crippen LogP contribution in [0, 0.1) is 46.3 Å². The molecule has 0 aromatic carbocycles.